The second-order valence-corrected chi connectivity index (χ2v) is 3.21. The maximum atomic E-state index is 11.9. The average Bonchev–Trinajstić information content (AvgIpc) is 2.00. The summed E-state index contributed by atoms with van der Waals surface area (Å²) < 4.78 is 40.2. The first-order valence-electron chi connectivity index (χ1n) is 3.43. The van der Waals surface area contributed by atoms with Gasteiger partial charge in [-0.15, -0.1) is 0 Å². The molecule has 0 aromatic heterocycles. The highest BCUT2D eigenvalue weighted by atomic mass is 79.9. The molecule has 0 bridgehead atoms. The fraction of sp³-hybridized carbons (Fsp3) is 0.833. The van der Waals surface area contributed by atoms with Crippen molar-refractivity contribution in [2.45, 2.75) is 24.0 Å². The Bertz CT molecular complexity index is 185. The maximum absolute atomic E-state index is 11.9. The third kappa shape index (κ3) is 3.95. The molecule has 0 saturated carbocycles. The quantitative estimate of drug-likeness (QED) is 0.615. The molecule has 0 saturated heterocycles. The van der Waals surface area contributed by atoms with Crippen LogP contribution in [-0.4, -0.2) is 29.6 Å². The van der Waals surface area contributed by atoms with Gasteiger partial charge in [-0.1, -0.05) is 15.9 Å². The minimum atomic E-state index is -4.61. The van der Waals surface area contributed by atoms with Crippen molar-refractivity contribution in [3.05, 3.63) is 0 Å². The summed E-state index contributed by atoms with van der Waals surface area (Å²) in [5.74, 6) is -1.01. The largest absolute Gasteiger partial charge is 0.465 e. The number of carbonyl (C=O) groups excluding carboxylic acids is 1. The molecule has 2 N–H and O–H groups in total. The highest BCUT2D eigenvalue weighted by Crippen LogP contribution is 2.24. The molecule has 0 unspecified atom stereocenters. The zero-order chi connectivity index (χ0) is 10.6. The summed E-state index contributed by atoms with van der Waals surface area (Å²) in [6.07, 6.45) is -4.61. The SMILES string of the molecule is CCOC(=O)[C@H](Br)[C@H](N)C(F)(F)F. The molecule has 0 aromatic rings. The van der Waals surface area contributed by atoms with E-state index in [1.165, 1.54) is 6.92 Å². The number of alkyl halides is 4. The number of hydrogen-bond donors (Lipinski definition) is 1. The fourth-order valence-electron chi connectivity index (χ4n) is 0.534. The van der Waals surface area contributed by atoms with Gasteiger partial charge in [-0.25, -0.2) is 0 Å². The standard InChI is InChI=1S/C6H9BrF3NO2/c1-2-13-5(12)3(7)4(11)6(8,9)10/h3-4H,2,11H2,1H3/t3-,4+/m1/s1. The first-order valence-corrected chi connectivity index (χ1v) is 4.35. The zero-order valence-electron chi connectivity index (χ0n) is 6.77. The molecule has 2 atom stereocenters. The van der Waals surface area contributed by atoms with Gasteiger partial charge in [0.2, 0.25) is 0 Å². The van der Waals surface area contributed by atoms with Gasteiger partial charge in [-0.2, -0.15) is 13.2 Å². The Kier molecular flexibility index (Phi) is 4.69. The van der Waals surface area contributed by atoms with Crippen LogP contribution in [0.4, 0.5) is 13.2 Å². The minimum absolute atomic E-state index is 0.0194. The second-order valence-electron chi connectivity index (χ2n) is 2.22. The normalized spacial score (nSPS) is 16.5. The Balaban J connectivity index is 4.25. The average molecular weight is 264 g/mol. The highest BCUT2D eigenvalue weighted by Gasteiger charge is 2.44. The van der Waals surface area contributed by atoms with Crippen molar-refractivity contribution in [2.75, 3.05) is 6.61 Å². The van der Waals surface area contributed by atoms with Gasteiger partial charge in [0.25, 0.3) is 0 Å². The van der Waals surface area contributed by atoms with Crippen molar-refractivity contribution in [2.24, 2.45) is 5.73 Å². The van der Waals surface area contributed by atoms with Gasteiger partial charge in [0.15, 0.2) is 0 Å². The molecule has 0 aromatic carbocycles. The molecule has 7 heteroatoms. The summed E-state index contributed by atoms with van der Waals surface area (Å²) in [5.41, 5.74) is 4.75. The van der Waals surface area contributed by atoms with Crippen LogP contribution in [-0.2, 0) is 9.53 Å². The molecule has 0 amide bonds. The second kappa shape index (κ2) is 4.80. The van der Waals surface area contributed by atoms with Crippen molar-refractivity contribution < 1.29 is 22.7 Å². The molecule has 0 rings (SSSR count). The van der Waals surface area contributed by atoms with E-state index in [0.717, 1.165) is 0 Å². The lowest BCUT2D eigenvalue weighted by Gasteiger charge is -2.19. The van der Waals surface area contributed by atoms with E-state index in [2.05, 4.69) is 20.7 Å². The van der Waals surface area contributed by atoms with E-state index in [9.17, 15) is 18.0 Å². The van der Waals surface area contributed by atoms with Crippen LogP contribution in [0.25, 0.3) is 0 Å². The number of hydrogen-bond acceptors (Lipinski definition) is 3. The molecule has 0 aliphatic heterocycles. The number of carbonyl (C=O) groups is 1. The van der Waals surface area contributed by atoms with Gasteiger partial charge in [0.05, 0.1) is 6.61 Å². The summed E-state index contributed by atoms with van der Waals surface area (Å²) >= 11 is 2.53. The van der Waals surface area contributed by atoms with E-state index in [-0.39, 0.29) is 6.61 Å². The van der Waals surface area contributed by atoms with Gasteiger partial charge in [0, 0.05) is 0 Å². The van der Waals surface area contributed by atoms with E-state index in [0.29, 0.717) is 0 Å². The Hall–Kier alpha value is -0.300. The maximum Gasteiger partial charge on any atom is 0.405 e. The van der Waals surface area contributed by atoms with Crippen LogP contribution in [0.2, 0.25) is 0 Å². The summed E-state index contributed by atoms with van der Waals surface area (Å²) in [4.78, 5) is 9.23. The fourth-order valence-corrected chi connectivity index (χ4v) is 0.966. The molecular weight excluding hydrogens is 255 g/mol. The third-order valence-corrected chi connectivity index (χ3v) is 2.15. The summed E-state index contributed by atoms with van der Waals surface area (Å²) in [5, 5.41) is 0. The number of ether oxygens (including phenoxy) is 1. The van der Waals surface area contributed by atoms with Gasteiger partial charge in [-0.3, -0.25) is 4.79 Å². The van der Waals surface area contributed by atoms with Crippen molar-refractivity contribution in [1.29, 1.82) is 0 Å². The third-order valence-electron chi connectivity index (χ3n) is 1.21. The molecule has 13 heavy (non-hydrogen) atoms. The van der Waals surface area contributed by atoms with Crippen molar-refractivity contribution in [3.8, 4) is 0 Å². The predicted octanol–water partition coefficient (Wildman–Crippen LogP) is 1.20. The van der Waals surface area contributed by atoms with Crippen LogP contribution < -0.4 is 5.73 Å². The lowest BCUT2D eigenvalue weighted by atomic mass is 10.2. The van der Waals surface area contributed by atoms with Gasteiger partial charge < -0.3 is 10.5 Å². The van der Waals surface area contributed by atoms with Gasteiger partial charge >= 0.3 is 12.1 Å². The molecule has 0 fully saturated rings. The molecule has 0 radical (unpaired) electrons. The number of halogens is 4. The first-order chi connectivity index (χ1) is 5.80. The molecule has 0 aliphatic carbocycles. The molecule has 0 spiro atoms. The lowest BCUT2D eigenvalue weighted by molar-refractivity contribution is -0.162. The summed E-state index contributed by atoms with van der Waals surface area (Å²) in [7, 11) is 0. The van der Waals surface area contributed by atoms with E-state index >= 15 is 0 Å². The Morgan fingerprint density at radius 1 is 1.62 bits per heavy atom. The Morgan fingerprint density at radius 2 is 2.08 bits per heavy atom. The molecule has 3 nitrogen and oxygen atoms in total. The van der Waals surface area contributed by atoms with E-state index in [1.807, 2.05) is 0 Å². The molecular formula is C6H9BrF3NO2. The smallest absolute Gasteiger partial charge is 0.405 e. The minimum Gasteiger partial charge on any atom is -0.465 e. The van der Waals surface area contributed by atoms with E-state index < -0.39 is 23.0 Å². The zero-order valence-corrected chi connectivity index (χ0v) is 8.35. The topological polar surface area (TPSA) is 52.3 Å². The van der Waals surface area contributed by atoms with Gasteiger partial charge in [-0.05, 0) is 6.92 Å². The number of esters is 1. The Labute approximate surface area is 81.5 Å². The predicted molar refractivity (Wildman–Crippen MR) is 43.4 cm³/mol. The van der Waals surface area contributed by atoms with Crippen LogP contribution in [0.1, 0.15) is 6.92 Å². The van der Waals surface area contributed by atoms with Crippen molar-refractivity contribution >= 4 is 21.9 Å². The van der Waals surface area contributed by atoms with E-state index in [1.54, 1.807) is 0 Å². The Morgan fingerprint density at radius 3 is 2.38 bits per heavy atom. The van der Waals surface area contributed by atoms with Crippen molar-refractivity contribution in [3.63, 3.8) is 0 Å². The van der Waals surface area contributed by atoms with Crippen LogP contribution >= 0.6 is 15.9 Å². The molecule has 78 valence electrons. The monoisotopic (exact) mass is 263 g/mol. The first kappa shape index (κ1) is 12.7. The molecule has 0 heterocycles. The lowest BCUT2D eigenvalue weighted by Crippen LogP contribution is -2.48. The van der Waals surface area contributed by atoms with Crippen molar-refractivity contribution in [1.82, 2.24) is 0 Å². The number of nitrogens with two attached hydrogens (primary N) is 1. The van der Waals surface area contributed by atoms with Crippen LogP contribution in [0.3, 0.4) is 0 Å². The summed E-state index contributed by atoms with van der Waals surface area (Å²) in [6, 6.07) is -2.24. The van der Waals surface area contributed by atoms with Crippen LogP contribution in [0.15, 0.2) is 0 Å². The van der Waals surface area contributed by atoms with E-state index in [4.69, 9.17) is 5.73 Å². The molecule has 0 aliphatic rings. The summed E-state index contributed by atoms with van der Waals surface area (Å²) in [6.45, 7) is 1.52. The number of rotatable bonds is 3. The highest BCUT2D eigenvalue weighted by molar-refractivity contribution is 9.10. The van der Waals surface area contributed by atoms with Crippen LogP contribution in [0, 0.1) is 0 Å². The van der Waals surface area contributed by atoms with Crippen LogP contribution in [0.5, 0.6) is 0 Å². The van der Waals surface area contributed by atoms with Gasteiger partial charge in [0.1, 0.15) is 10.9 Å².